The Morgan fingerprint density at radius 3 is 2.27 bits per heavy atom. The van der Waals surface area contributed by atoms with Gasteiger partial charge in [0.15, 0.2) is 0 Å². The minimum absolute atomic E-state index is 0.544. The Bertz CT molecular complexity index is 229. The molecule has 2 unspecified atom stereocenters. The molecule has 86 valence electrons. The van der Waals surface area contributed by atoms with Crippen LogP contribution in [0.1, 0.15) is 57.8 Å². The summed E-state index contributed by atoms with van der Waals surface area (Å²) in [6.07, 6.45) is 13.5. The van der Waals surface area contributed by atoms with Gasteiger partial charge >= 0.3 is 0 Å². The van der Waals surface area contributed by atoms with Crippen LogP contribution < -0.4 is 0 Å². The van der Waals surface area contributed by atoms with E-state index in [4.69, 9.17) is 4.74 Å². The molecule has 3 saturated carbocycles. The quantitative estimate of drug-likeness (QED) is 0.690. The molecule has 0 aromatic rings. The topological polar surface area (TPSA) is 9.23 Å². The highest BCUT2D eigenvalue weighted by molar-refractivity contribution is 9.09. The summed E-state index contributed by atoms with van der Waals surface area (Å²) in [4.78, 5) is 0.749. The van der Waals surface area contributed by atoms with Crippen molar-refractivity contribution >= 4 is 15.9 Å². The maximum absolute atomic E-state index is 6.33. The Morgan fingerprint density at radius 2 is 1.67 bits per heavy atom. The minimum Gasteiger partial charge on any atom is -0.374 e. The van der Waals surface area contributed by atoms with Gasteiger partial charge in [-0.3, -0.25) is 0 Å². The predicted molar refractivity (Wildman–Crippen MR) is 65.4 cm³/mol. The third kappa shape index (κ3) is 1.68. The lowest BCUT2D eigenvalue weighted by Crippen LogP contribution is -2.54. The molecule has 3 aliphatic rings. The van der Waals surface area contributed by atoms with Crippen LogP contribution >= 0.6 is 15.9 Å². The van der Waals surface area contributed by atoms with E-state index in [9.17, 15) is 0 Å². The number of ether oxygens (including phenoxy) is 1. The predicted octanol–water partition coefficient (Wildman–Crippen LogP) is 4.04. The fourth-order valence-electron chi connectivity index (χ4n) is 3.81. The first-order chi connectivity index (χ1) is 7.31. The Labute approximate surface area is 101 Å². The minimum atomic E-state index is 0.544. The number of rotatable bonds is 2. The van der Waals surface area contributed by atoms with Crippen molar-refractivity contribution < 1.29 is 4.74 Å². The van der Waals surface area contributed by atoms with E-state index in [0.717, 1.165) is 4.83 Å². The standard InChI is InChI=1S/C13H21BrO/c14-11-9-12(13(11)7-3-4-8-13)15-10-5-1-2-6-10/h10-12H,1-9H2. The monoisotopic (exact) mass is 272 g/mol. The van der Waals surface area contributed by atoms with Crippen molar-refractivity contribution in [3.05, 3.63) is 0 Å². The Hall–Kier alpha value is 0.440. The van der Waals surface area contributed by atoms with Crippen molar-refractivity contribution in [1.82, 2.24) is 0 Å². The number of alkyl halides is 1. The molecule has 3 fully saturated rings. The molecule has 0 saturated heterocycles. The average Bonchev–Trinajstić information content (AvgIpc) is 2.89. The SMILES string of the molecule is BrC1CC(OC2CCCC2)C12CCCC2. The summed E-state index contributed by atoms with van der Waals surface area (Å²) in [5.41, 5.74) is 0.544. The molecule has 0 heterocycles. The van der Waals surface area contributed by atoms with Gasteiger partial charge in [-0.05, 0) is 32.1 Å². The first kappa shape index (κ1) is 10.6. The normalized spacial score (nSPS) is 39.8. The molecule has 0 aliphatic heterocycles. The van der Waals surface area contributed by atoms with Gasteiger partial charge in [0.2, 0.25) is 0 Å². The van der Waals surface area contributed by atoms with Crippen molar-refractivity contribution in [2.75, 3.05) is 0 Å². The van der Waals surface area contributed by atoms with Gasteiger partial charge in [0.05, 0.1) is 12.2 Å². The van der Waals surface area contributed by atoms with Crippen LogP contribution in [0.25, 0.3) is 0 Å². The van der Waals surface area contributed by atoms with E-state index in [1.54, 1.807) is 0 Å². The van der Waals surface area contributed by atoms with Crippen LogP contribution in [0.2, 0.25) is 0 Å². The molecule has 0 amide bonds. The molecule has 3 aliphatic carbocycles. The van der Waals surface area contributed by atoms with Gasteiger partial charge < -0.3 is 4.74 Å². The van der Waals surface area contributed by atoms with Gasteiger partial charge in [-0.15, -0.1) is 0 Å². The van der Waals surface area contributed by atoms with Crippen LogP contribution in [0, 0.1) is 5.41 Å². The molecular formula is C13H21BrO. The summed E-state index contributed by atoms with van der Waals surface area (Å²) in [5.74, 6) is 0. The highest BCUT2D eigenvalue weighted by Crippen LogP contribution is 2.58. The molecule has 0 bridgehead atoms. The summed E-state index contributed by atoms with van der Waals surface area (Å²) >= 11 is 3.85. The van der Waals surface area contributed by atoms with E-state index in [-0.39, 0.29) is 0 Å². The third-order valence-electron chi connectivity index (χ3n) is 4.88. The molecule has 1 spiro atoms. The van der Waals surface area contributed by atoms with E-state index in [1.807, 2.05) is 0 Å². The number of hydrogen-bond donors (Lipinski definition) is 0. The molecule has 0 aromatic heterocycles. The van der Waals surface area contributed by atoms with Crippen molar-refractivity contribution in [3.63, 3.8) is 0 Å². The van der Waals surface area contributed by atoms with Gasteiger partial charge in [-0.1, -0.05) is 41.6 Å². The smallest absolute Gasteiger partial charge is 0.0656 e. The molecule has 0 aromatic carbocycles. The molecular weight excluding hydrogens is 252 g/mol. The van der Waals surface area contributed by atoms with Crippen LogP contribution in [0.15, 0.2) is 0 Å². The van der Waals surface area contributed by atoms with E-state index in [1.165, 1.54) is 57.8 Å². The van der Waals surface area contributed by atoms with Gasteiger partial charge in [-0.25, -0.2) is 0 Å². The van der Waals surface area contributed by atoms with Gasteiger partial charge in [0.25, 0.3) is 0 Å². The second kappa shape index (κ2) is 4.03. The summed E-state index contributed by atoms with van der Waals surface area (Å²) < 4.78 is 6.33. The third-order valence-corrected chi connectivity index (χ3v) is 6.17. The van der Waals surface area contributed by atoms with E-state index >= 15 is 0 Å². The van der Waals surface area contributed by atoms with Crippen LogP contribution in [0.5, 0.6) is 0 Å². The van der Waals surface area contributed by atoms with E-state index < -0.39 is 0 Å². The Kier molecular flexibility index (Phi) is 2.84. The first-order valence-electron chi connectivity index (χ1n) is 6.61. The second-order valence-corrected chi connectivity index (χ2v) is 6.78. The average molecular weight is 273 g/mol. The fraction of sp³-hybridized carbons (Fsp3) is 1.00. The van der Waals surface area contributed by atoms with Crippen molar-refractivity contribution in [2.45, 2.75) is 74.8 Å². The van der Waals surface area contributed by atoms with Crippen molar-refractivity contribution in [2.24, 2.45) is 5.41 Å². The summed E-state index contributed by atoms with van der Waals surface area (Å²) in [6.45, 7) is 0. The summed E-state index contributed by atoms with van der Waals surface area (Å²) in [7, 11) is 0. The lowest BCUT2D eigenvalue weighted by Gasteiger charge is -2.52. The lowest BCUT2D eigenvalue weighted by atomic mass is 9.64. The van der Waals surface area contributed by atoms with Gasteiger partial charge in [0, 0.05) is 10.2 Å². The lowest BCUT2D eigenvalue weighted by molar-refractivity contribution is -0.131. The zero-order chi connectivity index (χ0) is 10.3. The number of hydrogen-bond acceptors (Lipinski definition) is 1. The summed E-state index contributed by atoms with van der Waals surface area (Å²) in [5, 5.41) is 0. The molecule has 2 atom stereocenters. The van der Waals surface area contributed by atoms with E-state index in [0.29, 0.717) is 17.6 Å². The van der Waals surface area contributed by atoms with Gasteiger partial charge in [-0.2, -0.15) is 0 Å². The second-order valence-electron chi connectivity index (χ2n) is 5.67. The zero-order valence-electron chi connectivity index (χ0n) is 9.38. The Balaban J connectivity index is 1.62. The molecule has 0 N–H and O–H groups in total. The molecule has 0 radical (unpaired) electrons. The van der Waals surface area contributed by atoms with Crippen molar-refractivity contribution in [1.29, 1.82) is 0 Å². The van der Waals surface area contributed by atoms with E-state index in [2.05, 4.69) is 15.9 Å². The van der Waals surface area contributed by atoms with Gasteiger partial charge in [0.1, 0.15) is 0 Å². The maximum atomic E-state index is 6.33. The maximum Gasteiger partial charge on any atom is 0.0656 e. The zero-order valence-corrected chi connectivity index (χ0v) is 11.0. The fourth-order valence-corrected chi connectivity index (χ4v) is 4.91. The highest BCUT2D eigenvalue weighted by atomic mass is 79.9. The highest BCUT2D eigenvalue weighted by Gasteiger charge is 2.56. The molecule has 15 heavy (non-hydrogen) atoms. The van der Waals surface area contributed by atoms with Crippen LogP contribution in [0.3, 0.4) is 0 Å². The summed E-state index contributed by atoms with van der Waals surface area (Å²) in [6, 6.07) is 0. The first-order valence-corrected chi connectivity index (χ1v) is 7.52. The van der Waals surface area contributed by atoms with Crippen LogP contribution in [-0.2, 0) is 4.74 Å². The van der Waals surface area contributed by atoms with Crippen LogP contribution in [-0.4, -0.2) is 17.0 Å². The molecule has 2 heteroatoms. The van der Waals surface area contributed by atoms with Crippen molar-refractivity contribution in [3.8, 4) is 0 Å². The largest absolute Gasteiger partial charge is 0.374 e. The van der Waals surface area contributed by atoms with Crippen LogP contribution in [0.4, 0.5) is 0 Å². The number of halogens is 1. The molecule has 3 rings (SSSR count). The molecule has 1 nitrogen and oxygen atoms in total. The Morgan fingerprint density at radius 1 is 1.00 bits per heavy atom.